The number of carbonyl (C=O) groups is 1. The maximum Gasteiger partial charge on any atom is 0.138 e. The minimum atomic E-state index is 0.174. The van der Waals surface area contributed by atoms with Crippen LogP contribution in [-0.4, -0.2) is 18.5 Å². The van der Waals surface area contributed by atoms with Crippen LogP contribution < -0.4 is 0 Å². The van der Waals surface area contributed by atoms with Crippen molar-refractivity contribution < 1.29 is 9.53 Å². The van der Waals surface area contributed by atoms with Crippen molar-refractivity contribution in [2.45, 2.75) is 45.1 Å². The van der Waals surface area contributed by atoms with Crippen molar-refractivity contribution in [3.8, 4) is 0 Å². The molecule has 1 heterocycles. The van der Waals surface area contributed by atoms with Gasteiger partial charge in [-0.05, 0) is 19.3 Å². The highest BCUT2D eigenvalue weighted by Crippen LogP contribution is 2.32. The van der Waals surface area contributed by atoms with Crippen LogP contribution in [0, 0.1) is 11.8 Å². The average molecular weight is 182 g/mol. The monoisotopic (exact) mass is 182 g/mol. The fourth-order valence-electron chi connectivity index (χ4n) is 2.29. The molecule has 74 valence electrons. The van der Waals surface area contributed by atoms with Crippen LogP contribution in [0.3, 0.4) is 0 Å². The summed E-state index contributed by atoms with van der Waals surface area (Å²) < 4.78 is 5.40. The van der Waals surface area contributed by atoms with Gasteiger partial charge in [0.2, 0.25) is 0 Å². The van der Waals surface area contributed by atoms with Crippen LogP contribution in [0.25, 0.3) is 0 Å². The largest absolute Gasteiger partial charge is 0.378 e. The van der Waals surface area contributed by atoms with E-state index in [1.54, 1.807) is 0 Å². The second kappa shape index (κ2) is 3.79. The zero-order valence-corrected chi connectivity index (χ0v) is 8.29. The highest BCUT2D eigenvalue weighted by molar-refractivity contribution is 5.82. The van der Waals surface area contributed by atoms with E-state index < -0.39 is 0 Å². The third-order valence-electron chi connectivity index (χ3n) is 3.50. The summed E-state index contributed by atoms with van der Waals surface area (Å²) in [5.41, 5.74) is 0. The van der Waals surface area contributed by atoms with E-state index in [1.165, 1.54) is 19.3 Å². The highest BCUT2D eigenvalue weighted by atomic mass is 16.5. The predicted molar refractivity (Wildman–Crippen MR) is 50.5 cm³/mol. The molecule has 1 saturated carbocycles. The summed E-state index contributed by atoms with van der Waals surface area (Å²) in [6.45, 7) is 2.80. The molecule has 2 unspecified atom stereocenters. The number of hydrogen-bond donors (Lipinski definition) is 0. The van der Waals surface area contributed by atoms with E-state index in [0.29, 0.717) is 11.7 Å². The SMILES string of the molecule is CC1OCCC1C(=O)CC1CCC1. The molecule has 2 heteroatoms. The Morgan fingerprint density at radius 3 is 2.62 bits per heavy atom. The molecule has 2 atom stereocenters. The van der Waals surface area contributed by atoms with Gasteiger partial charge in [-0.2, -0.15) is 0 Å². The van der Waals surface area contributed by atoms with Gasteiger partial charge in [-0.3, -0.25) is 4.79 Å². The van der Waals surface area contributed by atoms with Crippen molar-refractivity contribution in [2.75, 3.05) is 6.61 Å². The van der Waals surface area contributed by atoms with Gasteiger partial charge in [0.05, 0.1) is 6.10 Å². The number of Topliss-reactive ketones (excluding diaryl/α,β-unsaturated/α-hetero) is 1. The second-order valence-electron chi connectivity index (χ2n) is 4.44. The topological polar surface area (TPSA) is 26.3 Å². The first-order valence-corrected chi connectivity index (χ1v) is 5.41. The molecule has 1 aliphatic heterocycles. The normalized spacial score (nSPS) is 34.5. The molecule has 2 nitrogen and oxygen atoms in total. The summed E-state index contributed by atoms with van der Waals surface area (Å²) in [4.78, 5) is 11.8. The van der Waals surface area contributed by atoms with Gasteiger partial charge in [0.15, 0.2) is 0 Å². The Balaban J connectivity index is 1.81. The van der Waals surface area contributed by atoms with E-state index in [0.717, 1.165) is 19.4 Å². The molecule has 0 amide bonds. The van der Waals surface area contributed by atoms with Gasteiger partial charge in [-0.25, -0.2) is 0 Å². The van der Waals surface area contributed by atoms with Crippen LogP contribution in [0.4, 0.5) is 0 Å². The maximum atomic E-state index is 11.8. The zero-order valence-electron chi connectivity index (χ0n) is 8.29. The molecule has 2 fully saturated rings. The molecule has 1 saturated heterocycles. The van der Waals surface area contributed by atoms with Crippen LogP contribution >= 0.6 is 0 Å². The van der Waals surface area contributed by atoms with Crippen molar-refractivity contribution in [3.05, 3.63) is 0 Å². The zero-order chi connectivity index (χ0) is 9.26. The fourth-order valence-corrected chi connectivity index (χ4v) is 2.29. The second-order valence-corrected chi connectivity index (χ2v) is 4.44. The molecule has 0 N–H and O–H groups in total. The summed E-state index contributed by atoms with van der Waals surface area (Å²) in [6, 6.07) is 0. The van der Waals surface area contributed by atoms with Gasteiger partial charge < -0.3 is 4.74 Å². The number of carbonyl (C=O) groups excluding carboxylic acids is 1. The first kappa shape index (κ1) is 9.20. The van der Waals surface area contributed by atoms with E-state index >= 15 is 0 Å². The molecular formula is C11H18O2. The third kappa shape index (κ3) is 1.93. The first-order valence-electron chi connectivity index (χ1n) is 5.41. The summed E-state index contributed by atoms with van der Waals surface area (Å²) in [5, 5.41) is 0. The summed E-state index contributed by atoms with van der Waals surface area (Å²) in [7, 11) is 0. The number of ether oxygens (including phenoxy) is 1. The van der Waals surface area contributed by atoms with E-state index in [2.05, 4.69) is 0 Å². The Kier molecular flexibility index (Phi) is 2.68. The Bertz CT molecular complexity index is 196. The van der Waals surface area contributed by atoms with Gasteiger partial charge in [-0.1, -0.05) is 19.3 Å². The lowest BCUT2D eigenvalue weighted by atomic mass is 9.79. The van der Waals surface area contributed by atoms with E-state index in [9.17, 15) is 4.79 Å². The van der Waals surface area contributed by atoms with Crippen LogP contribution in [0.5, 0.6) is 0 Å². The lowest BCUT2D eigenvalue weighted by Gasteiger charge is -2.26. The van der Waals surface area contributed by atoms with E-state index in [-0.39, 0.29) is 12.0 Å². The smallest absolute Gasteiger partial charge is 0.138 e. The Hall–Kier alpha value is -0.370. The van der Waals surface area contributed by atoms with Gasteiger partial charge in [-0.15, -0.1) is 0 Å². The summed E-state index contributed by atoms with van der Waals surface area (Å²) in [6.07, 6.45) is 5.81. The summed E-state index contributed by atoms with van der Waals surface area (Å²) >= 11 is 0. The lowest BCUT2D eigenvalue weighted by Crippen LogP contribution is -2.25. The van der Waals surface area contributed by atoms with Crippen LogP contribution in [-0.2, 0) is 9.53 Å². The molecule has 0 aromatic rings. The minimum Gasteiger partial charge on any atom is -0.378 e. The Morgan fingerprint density at radius 2 is 2.15 bits per heavy atom. The number of hydrogen-bond acceptors (Lipinski definition) is 2. The van der Waals surface area contributed by atoms with Crippen LogP contribution in [0.1, 0.15) is 39.0 Å². The van der Waals surface area contributed by atoms with Crippen molar-refractivity contribution in [2.24, 2.45) is 11.8 Å². The summed E-state index contributed by atoms with van der Waals surface area (Å²) in [5.74, 6) is 1.37. The molecule has 0 aromatic carbocycles. The van der Waals surface area contributed by atoms with E-state index in [4.69, 9.17) is 4.74 Å². The Labute approximate surface area is 79.7 Å². The Morgan fingerprint density at radius 1 is 1.38 bits per heavy atom. The molecule has 0 radical (unpaired) electrons. The highest BCUT2D eigenvalue weighted by Gasteiger charge is 2.32. The minimum absolute atomic E-state index is 0.174. The molecule has 0 bridgehead atoms. The van der Waals surface area contributed by atoms with Crippen molar-refractivity contribution >= 4 is 5.78 Å². The average Bonchev–Trinajstić information content (AvgIpc) is 2.43. The first-order chi connectivity index (χ1) is 6.27. The fraction of sp³-hybridized carbons (Fsp3) is 0.909. The number of rotatable bonds is 3. The molecule has 2 aliphatic rings. The predicted octanol–water partition coefficient (Wildman–Crippen LogP) is 2.17. The van der Waals surface area contributed by atoms with E-state index in [1.807, 2.05) is 6.92 Å². The molecule has 0 spiro atoms. The quantitative estimate of drug-likeness (QED) is 0.668. The van der Waals surface area contributed by atoms with Crippen molar-refractivity contribution in [1.82, 2.24) is 0 Å². The standard InChI is InChI=1S/C11H18O2/c1-8-10(5-6-13-8)11(12)7-9-3-2-4-9/h8-10H,2-7H2,1H3. The van der Waals surface area contributed by atoms with Gasteiger partial charge in [0.1, 0.15) is 5.78 Å². The number of ketones is 1. The van der Waals surface area contributed by atoms with Crippen molar-refractivity contribution in [3.63, 3.8) is 0 Å². The molecular weight excluding hydrogens is 164 g/mol. The van der Waals surface area contributed by atoms with Gasteiger partial charge in [0, 0.05) is 18.9 Å². The molecule has 13 heavy (non-hydrogen) atoms. The molecule has 0 aromatic heterocycles. The van der Waals surface area contributed by atoms with Gasteiger partial charge >= 0.3 is 0 Å². The van der Waals surface area contributed by atoms with Crippen molar-refractivity contribution in [1.29, 1.82) is 0 Å². The third-order valence-corrected chi connectivity index (χ3v) is 3.50. The van der Waals surface area contributed by atoms with Crippen LogP contribution in [0.2, 0.25) is 0 Å². The van der Waals surface area contributed by atoms with Gasteiger partial charge in [0.25, 0.3) is 0 Å². The lowest BCUT2D eigenvalue weighted by molar-refractivity contribution is -0.125. The molecule has 1 aliphatic carbocycles. The molecule has 2 rings (SSSR count). The van der Waals surface area contributed by atoms with Crippen LogP contribution in [0.15, 0.2) is 0 Å². The maximum absolute atomic E-state index is 11.8.